The van der Waals surface area contributed by atoms with Crippen molar-refractivity contribution in [3.63, 3.8) is 0 Å². The Morgan fingerprint density at radius 1 is 1.30 bits per heavy atom. The van der Waals surface area contributed by atoms with Gasteiger partial charge < -0.3 is 15.3 Å². The van der Waals surface area contributed by atoms with E-state index in [9.17, 15) is 14.7 Å². The Kier molecular flexibility index (Phi) is 3.34. The molecule has 5 nitrogen and oxygen atoms in total. The first-order valence-corrected chi connectivity index (χ1v) is 7.02. The Balaban J connectivity index is 1.80. The first-order valence-electron chi connectivity index (χ1n) is 7.02. The molecule has 0 saturated heterocycles. The lowest BCUT2D eigenvalue weighted by molar-refractivity contribution is -0.142. The molecule has 1 aromatic rings. The van der Waals surface area contributed by atoms with Crippen LogP contribution in [0.25, 0.3) is 0 Å². The molecule has 1 fully saturated rings. The van der Waals surface area contributed by atoms with Crippen LogP contribution in [0, 0.1) is 5.92 Å². The third kappa shape index (κ3) is 2.48. The number of aliphatic carboxylic acids is 1. The monoisotopic (exact) mass is 274 g/mol. The SMILES string of the molecule is O=C(O)C1c2ccccc2CCN1C(=O)NCC1CC1. The van der Waals surface area contributed by atoms with Gasteiger partial charge >= 0.3 is 12.0 Å². The standard InChI is InChI=1S/C15H18N2O3/c18-14(19)13-12-4-2-1-3-11(12)7-8-17(13)15(20)16-9-10-5-6-10/h1-4,10,13H,5-9H2,(H,16,20)(H,18,19). The van der Waals surface area contributed by atoms with Gasteiger partial charge in [0.15, 0.2) is 6.04 Å². The van der Waals surface area contributed by atoms with Crippen molar-refractivity contribution in [3.8, 4) is 0 Å². The van der Waals surface area contributed by atoms with Crippen LogP contribution in [0.15, 0.2) is 24.3 Å². The van der Waals surface area contributed by atoms with Crippen molar-refractivity contribution in [3.05, 3.63) is 35.4 Å². The Morgan fingerprint density at radius 3 is 2.75 bits per heavy atom. The lowest BCUT2D eigenvalue weighted by Crippen LogP contribution is -2.48. The van der Waals surface area contributed by atoms with Crippen LogP contribution >= 0.6 is 0 Å². The molecule has 3 rings (SSSR count). The summed E-state index contributed by atoms with van der Waals surface area (Å²) in [5.74, 6) is -0.391. The van der Waals surface area contributed by atoms with Crippen LogP contribution in [-0.4, -0.2) is 35.1 Å². The Labute approximate surface area is 117 Å². The minimum atomic E-state index is -0.973. The van der Waals surface area contributed by atoms with E-state index in [1.54, 1.807) is 6.07 Å². The number of fused-ring (bicyclic) bond motifs is 1. The number of hydrogen-bond donors (Lipinski definition) is 2. The van der Waals surface area contributed by atoms with Gasteiger partial charge in [-0.3, -0.25) is 0 Å². The van der Waals surface area contributed by atoms with Crippen LogP contribution in [0.1, 0.15) is 30.0 Å². The molecule has 1 aliphatic heterocycles. The van der Waals surface area contributed by atoms with Crippen LogP contribution in [0.5, 0.6) is 0 Å². The van der Waals surface area contributed by atoms with Gasteiger partial charge in [0, 0.05) is 13.1 Å². The van der Waals surface area contributed by atoms with Crippen LogP contribution in [0.2, 0.25) is 0 Å². The quantitative estimate of drug-likeness (QED) is 0.883. The van der Waals surface area contributed by atoms with E-state index in [2.05, 4.69) is 5.32 Å². The van der Waals surface area contributed by atoms with Gasteiger partial charge in [-0.1, -0.05) is 24.3 Å². The molecule has 2 amide bonds. The van der Waals surface area contributed by atoms with E-state index in [-0.39, 0.29) is 6.03 Å². The van der Waals surface area contributed by atoms with Crippen molar-refractivity contribution in [1.82, 2.24) is 10.2 Å². The van der Waals surface area contributed by atoms with Crippen molar-refractivity contribution < 1.29 is 14.7 Å². The fourth-order valence-electron chi connectivity index (χ4n) is 2.71. The molecule has 1 heterocycles. The van der Waals surface area contributed by atoms with Gasteiger partial charge in [-0.15, -0.1) is 0 Å². The molecule has 2 aliphatic rings. The highest BCUT2D eigenvalue weighted by molar-refractivity contribution is 5.84. The zero-order valence-corrected chi connectivity index (χ0v) is 11.2. The maximum atomic E-state index is 12.2. The van der Waals surface area contributed by atoms with E-state index in [4.69, 9.17) is 0 Å². The number of carbonyl (C=O) groups is 2. The van der Waals surface area contributed by atoms with Gasteiger partial charge in [0.1, 0.15) is 0 Å². The largest absolute Gasteiger partial charge is 0.479 e. The molecule has 1 unspecified atom stereocenters. The predicted octanol–water partition coefficient (Wildman–Crippen LogP) is 1.79. The van der Waals surface area contributed by atoms with Crippen molar-refractivity contribution in [2.75, 3.05) is 13.1 Å². The van der Waals surface area contributed by atoms with Crippen molar-refractivity contribution in [1.29, 1.82) is 0 Å². The van der Waals surface area contributed by atoms with E-state index >= 15 is 0 Å². The van der Waals surface area contributed by atoms with Gasteiger partial charge in [-0.2, -0.15) is 0 Å². The predicted molar refractivity (Wildman–Crippen MR) is 73.4 cm³/mol. The second kappa shape index (κ2) is 5.15. The summed E-state index contributed by atoms with van der Waals surface area (Å²) in [6.07, 6.45) is 3.02. The molecule has 0 radical (unpaired) electrons. The minimum Gasteiger partial charge on any atom is -0.479 e. The molecule has 1 aliphatic carbocycles. The van der Waals surface area contributed by atoms with Gasteiger partial charge in [0.05, 0.1) is 0 Å². The molecule has 0 spiro atoms. The first kappa shape index (κ1) is 13.0. The summed E-state index contributed by atoms with van der Waals surface area (Å²) in [5, 5.41) is 12.3. The molecule has 5 heteroatoms. The highest BCUT2D eigenvalue weighted by Gasteiger charge is 2.36. The first-order chi connectivity index (χ1) is 9.66. The number of carbonyl (C=O) groups excluding carboxylic acids is 1. The highest BCUT2D eigenvalue weighted by atomic mass is 16.4. The number of carboxylic acid groups (broad SMARTS) is 1. The average Bonchev–Trinajstić information content (AvgIpc) is 3.27. The molecule has 20 heavy (non-hydrogen) atoms. The molecule has 0 bridgehead atoms. The third-order valence-corrected chi connectivity index (χ3v) is 4.02. The highest BCUT2D eigenvalue weighted by Crippen LogP contribution is 2.31. The zero-order chi connectivity index (χ0) is 14.1. The number of benzene rings is 1. The molecular formula is C15H18N2O3. The smallest absolute Gasteiger partial charge is 0.331 e. The van der Waals surface area contributed by atoms with Crippen LogP contribution < -0.4 is 5.32 Å². The summed E-state index contributed by atoms with van der Waals surface area (Å²) in [7, 11) is 0. The van der Waals surface area contributed by atoms with Crippen molar-refractivity contribution >= 4 is 12.0 Å². The average molecular weight is 274 g/mol. The maximum absolute atomic E-state index is 12.2. The Bertz CT molecular complexity index is 540. The number of rotatable bonds is 3. The zero-order valence-electron chi connectivity index (χ0n) is 11.2. The topological polar surface area (TPSA) is 69.6 Å². The summed E-state index contributed by atoms with van der Waals surface area (Å²) < 4.78 is 0. The summed E-state index contributed by atoms with van der Waals surface area (Å²) in [4.78, 5) is 25.2. The number of nitrogens with zero attached hydrogens (tertiary/aromatic N) is 1. The van der Waals surface area contributed by atoms with Gasteiger partial charge in [-0.25, -0.2) is 9.59 Å². The van der Waals surface area contributed by atoms with E-state index in [1.807, 2.05) is 18.2 Å². The van der Waals surface area contributed by atoms with Crippen molar-refractivity contribution in [2.45, 2.75) is 25.3 Å². The van der Waals surface area contributed by atoms with Gasteiger partial charge in [0.25, 0.3) is 0 Å². The molecule has 0 aromatic heterocycles. The van der Waals surface area contributed by atoms with Crippen molar-refractivity contribution in [2.24, 2.45) is 5.92 Å². The van der Waals surface area contributed by atoms with E-state index in [0.717, 1.165) is 24.0 Å². The maximum Gasteiger partial charge on any atom is 0.331 e. The number of amides is 2. The normalized spacial score (nSPS) is 21.2. The van der Waals surface area contributed by atoms with Gasteiger partial charge in [0.2, 0.25) is 0 Å². The number of carboxylic acids is 1. The van der Waals surface area contributed by atoms with E-state index in [0.29, 0.717) is 25.4 Å². The van der Waals surface area contributed by atoms with Crippen LogP contribution in [-0.2, 0) is 11.2 Å². The third-order valence-electron chi connectivity index (χ3n) is 4.02. The molecule has 2 N–H and O–H groups in total. The molecule has 1 aromatic carbocycles. The summed E-state index contributed by atoms with van der Waals surface area (Å²) in [6, 6.07) is 6.32. The Hall–Kier alpha value is -2.04. The lowest BCUT2D eigenvalue weighted by atomic mass is 9.93. The second-order valence-electron chi connectivity index (χ2n) is 5.51. The number of urea groups is 1. The molecule has 106 valence electrons. The van der Waals surface area contributed by atoms with E-state index < -0.39 is 12.0 Å². The fourth-order valence-corrected chi connectivity index (χ4v) is 2.71. The Morgan fingerprint density at radius 2 is 2.05 bits per heavy atom. The van der Waals surface area contributed by atoms with Crippen LogP contribution in [0.3, 0.4) is 0 Å². The summed E-state index contributed by atoms with van der Waals surface area (Å²) in [5.41, 5.74) is 1.75. The molecule has 1 saturated carbocycles. The van der Waals surface area contributed by atoms with Crippen LogP contribution in [0.4, 0.5) is 4.79 Å². The fraction of sp³-hybridized carbons (Fsp3) is 0.467. The van der Waals surface area contributed by atoms with E-state index in [1.165, 1.54) is 4.90 Å². The lowest BCUT2D eigenvalue weighted by Gasteiger charge is -2.34. The summed E-state index contributed by atoms with van der Waals surface area (Å²) in [6.45, 7) is 1.10. The number of hydrogen-bond acceptors (Lipinski definition) is 2. The minimum absolute atomic E-state index is 0.265. The second-order valence-corrected chi connectivity index (χ2v) is 5.51. The van der Waals surface area contributed by atoms with Gasteiger partial charge in [-0.05, 0) is 36.3 Å². The molecular weight excluding hydrogens is 256 g/mol. The number of nitrogens with one attached hydrogen (secondary N) is 1. The molecule has 1 atom stereocenters. The summed E-state index contributed by atoms with van der Waals surface area (Å²) >= 11 is 0.